The standard InChI is InChI=1S/C16H17Cl2NO/c1-10-5-11(2)7-13(6-10)19-9-16(20)14-8-12(17)3-4-15(14)18/h3-8,16,19-20H,9H2,1-2H3. The first-order valence-electron chi connectivity index (χ1n) is 6.41. The van der Waals surface area contributed by atoms with Gasteiger partial charge >= 0.3 is 0 Å². The molecule has 0 radical (unpaired) electrons. The number of benzene rings is 2. The molecule has 0 bridgehead atoms. The van der Waals surface area contributed by atoms with Crippen molar-refractivity contribution >= 4 is 28.9 Å². The van der Waals surface area contributed by atoms with E-state index in [-0.39, 0.29) is 0 Å². The van der Waals surface area contributed by atoms with Gasteiger partial charge in [-0.2, -0.15) is 0 Å². The van der Waals surface area contributed by atoms with Crippen LogP contribution < -0.4 is 5.32 Å². The number of anilines is 1. The number of aryl methyl sites for hydroxylation is 2. The summed E-state index contributed by atoms with van der Waals surface area (Å²) in [5, 5.41) is 14.5. The Morgan fingerprint density at radius 1 is 1.05 bits per heavy atom. The van der Waals surface area contributed by atoms with Gasteiger partial charge in [0.15, 0.2) is 0 Å². The van der Waals surface area contributed by atoms with Crippen molar-refractivity contribution in [3.63, 3.8) is 0 Å². The molecular formula is C16H17Cl2NO. The largest absolute Gasteiger partial charge is 0.387 e. The molecule has 0 aromatic heterocycles. The Hall–Kier alpha value is -1.22. The summed E-state index contributed by atoms with van der Waals surface area (Å²) in [6.07, 6.45) is -0.706. The fourth-order valence-corrected chi connectivity index (χ4v) is 2.60. The molecule has 2 nitrogen and oxygen atoms in total. The molecule has 0 aliphatic rings. The number of halogens is 2. The number of rotatable bonds is 4. The molecule has 0 heterocycles. The molecule has 20 heavy (non-hydrogen) atoms. The van der Waals surface area contributed by atoms with E-state index in [0.29, 0.717) is 22.2 Å². The van der Waals surface area contributed by atoms with Crippen LogP contribution in [0.5, 0.6) is 0 Å². The van der Waals surface area contributed by atoms with E-state index in [0.717, 1.165) is 5.69 Å². The molecule has 1 unspecified atom stereocenters. The number of hydrogen-bond donors (Lipinski definition) is 2. The highest BCUT2D eigenvalue weighted by Crippen LogP contribution is 2.26. The van der Waals surface area contributed by atoms with Crippen molar-refractivity contribution < 1.29 is 5.11 Å². The molecule has 1 atom stereocenters. The topological polar surface area (TPSA) is 32.3 Å². The monoisotopic (exact) mass is 309 g/mol. The Labute approximate surface area is 129 Å². The predicted molar refractivity (Wildman–Crippen MR) is 85.8 cm³/mol. The Morgan fingerprint density at radius 2 is 1.70 bits per heavy atom. The summed E-state index contributed by atoms with van der Waals surface area (Å²) >= 11 is 12.0. The molecule has 0 fully saturated rings. The van der Waals surface area contributed by atoms with E-state index in [1.165, 1.54) is 11.1 Å². The minimum atomic E-state index is -0.706. The molecule has 0 aliphatic heterocycles. The lowest BCUT2D eigenvalue weighted by Gasteiger charge is -2.15. The first-order valence-corrected chi connectivity index (χ1v) is 7.16. The highest BCUT2D eigenvalue weighted by molar-refractivity contribution is 6.33. The molecule has 2 rings (SSSR count). The van der Waals surface area contributed by atoms with E-state index >= 15 is 0 Å². The van der Waals surface area contributed by atoms with E-state index in [2.05, 4.69) is 11.4 Å². The van der Waals surface area contributed by atoms with Crippen molar-refractivity contribution in [2.75, 3.05) is 11.9 Å². The second kappa shape index (κ2) is 6.49. The van der Waals surface area contributed by atoms with Crippen LogP contribution in [0.4, 0.5) is 5.69 Å². The number of aliphatic hydroxyl groups excluding tert-OH is 1. The second-order valence-corrected chi connectivity index (χ2v) is 5.78. The van der Waals surface area contributed by atoms with Gasteiger partial charge in [-0.05, 0) is 55.3 Å². The molecule has 2 N–H and O–H groups in total. The van der Waals surface area contributed by atoms with Crippen LogP contribution in [0.15, 0.2) is 36.4 Å². The third kappa shape index (κ3) is 3.89. The molecule has 0 amide bonds. The Balaban J connectivity index is 2.08. The van der Waals surface area contributed by atoms with Crippen LogP contribution in [-0.2, 0) is 0 Å². The Bertz CT molecular complexity index is 593. The van der Waals surface area contributed by atoms with Gasteiger partial charge in [0, 0.05) is 27.8 Å². The van der Waals surface area contributed by atoms with Gasteiger partial charge in [0.1, 0.15) is 0 Å². The molecule has 106 valence electrons. The third-order valence-electron chi connectivity index (χ3n) is 3.04. The van der Waals surface area contributed by atoms with Crippen molar-refractivity contribution in [2.45, 2.75) is 20.0 Å². The molecule has 0 spiro atoms. The van der Waals surface area contributed by atoms with Crippen LogP contribution in [0, 0.1) is 13.8 Å². The maximum absolute atomic E-state index is 10.2. The zero-order chi connectivity index (χ0) is 14.7. The fourth-order valence-electron chi connectivity index (χ4n) is 2.17. The Morgan fingerprint density at radius 3 is 2.35 bits per heavy atom. The van der Waals surface area contributed by atoms with E-state index < -0.39 is 6.10 Å². The van der Waals surface area contributed by atoms with E-state index in [1.807, 2.05) is 26.0 Å². The van der Waals surface area contributed by atoms with Crippen LogP contribution in [0.2, 0.25) is 10.0 Å². The first-order chi connectivity index (χ1) is 9.45. The minimum absolute atomic E-state index is 0.378. The fraction of sp³-hybridized carbons (Fsp3) is 0.250. The molecule has 0 saturated heterocycles. The van der Waals surface area contributed by atoms with Gasteiger partial charge < -0.3 is 10.4 Å². The zero-order valence-electron chi connectivity index (χ0n) is 11.5. The summed E-state index contributed by atoms with van der Waals surface area (Å²) in [7, 11) is 0. The van der Waals surface area contributed by atoms with Crippen molar-refractivity contribution in [1.82, 2.24) is 0 Å². The number of aliphatic hydroxyl groups is 1. The van der Waals surface area contributed by atoms with Gasteiger partial charge in [0.05, 0.1) is 6.10 Å². The summed E-state index contributed by atoms with van der Waals surface area (Å²) in [4.78, 5) is 0. The highest BCUT2D eigenvalue weighted by atomic mass is 35.5. The molecule has 0 saturated carbocycles. The van der Waals surface area contributed by atoms with Crippen molar-refractivity contribution in [3.8, 4) is 0 Å². The van der Waals surface area contributed by atoms with Gasteiger partial charge in [0.2, 0.25) is 0 Å². The average molecular weight is 310 g/mol. The SMILES string of the molecule is Cc1cc(C)cc(NCC(O)c2cc(Cl)ccc2Cl)c1. The van der Waals surface area contributed by atoms with Gasteiger partial charge in [-0.3, -0.25) is 0 Å². The smallest absolute Gasteiger partial charge is 0.0977 e. The van der Waals surface area contributed by atoms with Crippen LogP contribution in [0.1, 0.15) is 22.8 Å². The normalized spacial score (nSPS) is 12.2. The van der Waals surface area contributed by atoms with E-state index in [1.54, 1.807) is 18.2 Å². The second-order valence-electron chi connectivity index (χ2n) is 4.94. The summed E-state index contributed by atoms with van der Waals surface area (Å²) in [6.45, 7) is 4.47. The minimum Gasteiger partial charge on any atom is -0.387 e. The quantitative estimate of drug-likeness (QED) is 0.853. The van der Waals surface area contributed by atoms with Gasteiger partial charge in [0.25, 0.3) is 0 Å². The lowest BCUT2D eigenvalue weighted by molar-refractivity contribution is 0.192. The summed E-state index contributed by atoms with van der Waals surface area (Å²) in [5.41, 5.74) is 3.99. The molecule has 0 aliphatic carbocycles. The zero-order valence-corrected chi connectivity index (χ0v) is 13.0. The molecule has 2 aromatic carbocycles. The summed E-state index contributed by atoms with van der Waals surface area (Å²) in [6, 6.07) is 11.3. The van der Waals surface area contributed by atoms with E-state index in [9.17, 15) is 5.11 Å². The predicted octanol–water partition coefficient (Wildman–Crippen LogP) is 4.76. The third-order valence-corrected chi connectivity index (χ3v) is 3.62. The Kier molecular flexibility index (Phi) is 4.92. The van der Waals surface area contributed by atoms with Crippen molar-refractivity contribution in [1.29, 1.82) is 0 Å². The lowest BCUT2D eigenvalue weighted by atomic mass is 10.1. The lowest BCUT2D eigenvalue weighted by Crippen LogP contribution is -2.12. The van der Waals surface area contributed by atoms with Gasteiger partial charge in [-0.25, -0.2) is 0 Å². The molecule has 2 aromatic rings. The maximum atomic E-state index is 10.2. The van der Waals surface area contributed by atoms with Crippen LogP contribution in [0.3, 0.4) is 0 Å². The van der Waals surface area contributed by atoms with Crippen LogP contribution in [0.25, 0.3) is 0 Å². The number of hydrogen-bond acceptors (Lipinski definition) is 2. The van der Waals surface area contributed by atoms with Crippen LogP contribution in [-0.4, -0.2) is 11.7 Å². The van der Waals surface area contributed by atoms with Crippen LogP contribution >= 0.6 is 23.2 Å². The van der Waals surface area contributed by atoms with Crippen molar-refractivity contribution in [3.05, 3.63) is 63.1 Å². The maximum Gasteiger partial charge on any atom is 0.0977 e. The summed E-state index contributed by atoms with van der Waals surface area (Å²) in [5.74, 6) is 0. The number of nitrogens with one attached hydrogen (secondary N) is 1. The average Bonchev–Trinajstić information content (AvgIpc) is 2.38. The highest BCUT2D eigenvalue weighted by Gasteiger charge is 2.12. The molecule has 4 heteroatoms. The molecular weight excluding hydrogens is 293 g/mol. The van der Waals surface area contributed by atoms with Gasteiger partial charge in [-0.15, -0.1) is 0 Å². The first kappa shape index (κ1) is 15.2. The van der Waals surface area contributed by atoms with Crippen molar-refractivity contribution in [2.24, 2.45) is 0 Å². The van der Waals surface area contributed by atoms with E-state index in [4.69, 9.17) is 23.2 Å². The summed E-state index contributed by atoms with van der Waals surface area (Å²) < 4.78 is 0. The van der Waals surface area contributed by atoms with Gasteiger partial charge in [-0.1, -0.05) is 29.3 Å².